The van der Waals surface area contributed by atoms with Crippen molar-refractivity contribution in [2.75, 3.05) is 25.1 Å². The van der Waals surface area contributed by atoms with E-state index in [1.54, 1.807) is 55.5 Å². The zero-order valence-electron chi connectivity index (χ0n) is 24.0. The highest BCUT2D eigenvalue weighted by atomic mass is 35.5. The van der Waals surface area contributed by atoms with Crippen LogP contribution < -0.4 is 19.1 Å². The molecular weight excluding hydrogens is 566 g/mol. The molecule has 0 aliphatic rings. The lowest BCUT2D eigenvalue weighted by Gasteiger charge is -2.33. The van der Waals surface area contributed by atoms with Crippen molar-refractivity contribution in [2.45, 2.75) is 50.7 Å². The summed E-state index contributed by atoms with van der Waals surface area (Å²) >= 11 is 6.05. The lowest BCUT2D eigenvalue weighted by molar-refractivity contribution is -0.140. The third kappa shape index (κ3) is 8.14. The minimum atomic E-state index is -4.21. The van der Waals surface area contributed by atoms with E-state index in [4.69, 9.17) is 21.1 Å². The minimum Gasteiger partial charge on any atom is -0.493 e. The number of nitrogens with one attached hydrogen (secondary N) is 1. The van der Waals surface area contributed by atoms with E-state index in [2.05, 4.69) is 5.32 Å². The molecule has 0 bridgehead atoms. The van der Waals surface area contributed by atoms with Gasteiger partial charge in [0.2, 0.25) is 11.8 Å². The highest BCUT2D eigenvalue weighted by Crippen LogP contribution is 2.34. The van der Waals surface area contributed by atoms with Gasteiger partial charge in [-0.25, -0.2) is 8.42 Å². The molecule has 0 saturated carbocycles. The number of sulfonamides is 1. The van der Waals surface area contributed by atoms with Gasteiger partial charge in [0.25, 0.3) is 10.0 Å². The molecule has 0 aromatic heterocycles. The zero-order chi connectivity index (χ0) is 30.4. The molecule has 3 aromatic carbocycles. The first kappa shape index (κ1) is 31.8. The molecule has 0 spiro atoms. The lowest BCUT2D eigenvalue weighted by Crippen LogP contribution is -2.54. The number of carbonyl (C=O) groups is 2. The highest BCUT2D eigenvalue weighted by Gasteiger charge is 2.33. The summed E-state index contributed by atoms with van der Waals surface area (Å²) in [6, 6.07) is 18.4. The molecule has 11 heteroatoms. The number of hydrogen-bond acceptors (Lipinski definition) is 6. The van der Waals surface area contributed by atoms with E-state index in [0.29, 0.717) is 16.5 Å². The molecule has 9 nitrogen and oxygen atoms in total. The molecule has 2 amide bonds. The molecule has 41 heavy (non-hydrogen) atoms. The maximum atomic E-state index is 14.0. The van der Waals surface area contributed by atoms with Gasteiger partial charge in [0.1, 0.15) is 12.6 Å². The first-order chi connectivity index (χ1) is 19.3. The number of ether oxygens (including phenoxy) is 2. The third-order valence-electron chi connectivity index (χ3n) is 6.20. The Balaban J connectivity index is 2.08. The second-order valence-electron chi connectivity index (χ2n) is 10.4. The number of carbonyl (C=O) groups excluding carboxylic acids is 2. The SMILES string of the molecule is COc1ccc(N(CC(=O)N(Cc2ccc(Cl)cc2)[C@@H](C)C(=O)NC(C)(C)C)S(=O)(=O)c2ccccc2)cc1OC. The molecule has 0 saturated heterocycles. The average molecular weight is 602 g/mol. The smallest absolute Gasteiger partial charge is 0.264 e. The van der Waals surface area contributed by atoms with Gasteiger partial charge in [0, 0.05) is 23.2 Å². The number of nitrogens with zero attached hydrogens (tertiary/aromatic N) is 2. The van der Waals surface area contributed by atoms with Crippen LogP contribution in [0.5, 0.6) is 11.5 Å². The van der Waals surface area contributed by atoms with E-state index < -0.39 is 34.1 Å². The summed E-state index contributed by atoms with van der Waals surface area (Å²) in [5, 5.41) is 3.43. The Bertz CT molecular complexity index is 1460. The molecule has 0 aliphatic carbocycles. The molecule has 3 aromatic rings. The molecule has 3 rings (SSSR count). The fraction of sp³-hybridized carbons (Fsp3) is 0.333. The molecule has 1 N–H and O–H groups in total. The number of anilines is 1. The van der Waals surface area contributed by atoms with Gasteiger partial charge in [-0.1, -0.05) is 41.9 Å². The number of methoxy groups -OCH3 is 2. The van der Waals surface area contributed by atoms with Crippen molar-refractivity contribution in [3.05, 3.63) is 83.4 Å². The van der Waals surface area contributed by atoms with Gasteiger partial charge in [0.05, 0.1) is 24.8 Å². The van der Waals surface area contributed by atoms with Crippen LogP contribution in [-0.2, 0) is 26.2 Å². The summed E-state index contributed by atoms with van der Waals surface area (Å²) in [5.74, 6) is -0.257. The Labute approximate surface area is 247 Å². The summed E-state index contributed by atoms with van der Waals surface area (Å²) in [4.78, 5) is 28.6. The predicted octanol–water partition coefficient (Wildman–Crippen LogP) is 4.88. The van der Waals surface area contributed by atoms with Gasteiger partial charge >= 0.3 is 0 Å². The van der Waals surface area contributed by atoms with E-state index in [1.165, 1.54) is 43.4 Å². The third-order valence-corrected chi connectivity index (χ3v) is 8.24. The number of hydrogen-bond donors (Lipinski definition) is 1. The van der Waals surface area contributed by atoms with E-state index >= 15 is 0 Å². The van der Waals surface area contributed by atoms with Gasteiger partial charge in [0.15, 0.2) is 11.5 Å². The molecular formula is C30H36ClN3O6S. The van der Waals surface area contributed by atoms with E-state index in [-0.39, 0.29) is 23.0 Å². The van der Waals surface area contributed by atoms with Crippen LogP contribution in [0.4, 0.5) is 5.69 Å². The largest absolute Gasteiger partial charge is 0.493 e. The summed E-state index contributed by atoms with van der Waals surface area (Å²) in [6.45, 7) is 6.62. The molecule has 0 radical (unpaired) electrons. The van der Waals surface area contributed by atoms with E-state index in [1.807, 2.05) is 20.8 Å². The van der Waals surface area contributed by atoms with E-state index in [0.717, 1.165) is 9.87 Å². The molecule has 0 fully saturated rings. The maximum absolute atomic E-state index is 14.0. The Morgan fingerprint density at radius 2 is 1.54 bits per heavy atom. The maximum Gasteiger partial charge on any atom is 0.264 e. The van der Waals surface area contributed by atoms with Crippen LogP contribution in [0.3, 0.4) is 0 Å². The van der Waals surface area contributed by atoms with Gasteiger partial charge in [-0.3, -0.25) is 13.9 Å². The Morgan fingerprint density at radius 1 is 0.927 bits per heavy atom. The first-order valence-corrected chi connectivity index (χ1v) is 14.7. The molecule has 0 heterocycles. The van der Waals surface area contributed by atoms with Crippen molar-refractivity contribution in [2.24, 2.45) is 0 Å². The fourth-order valence-corrected chi connectivity index (χ4v) is 5.62. The van der Waals surface area contributed by atoms with Crippen molar-refractivity contribution in [3.8, 4) is 11.5 Å². The summed E-state index contributed by atoms with van der Waals surface area (Å²) in [7, 11) is -1.30. The molecule has 0 aliphatic heterocycles. The van der Waals surface area contributed by atoms with Gasteiger partial charge in [-0.2, -0.15) is 0 Å². The van der Waals surface area contributed by atoms with Crippen LogP contribution in [0.15, 0.2) is 77.7 Å². The van der Waals surface area contributed by atoms with Gasteiger partial charge < -0.3 is 19.7 Å². The molecule has 1 atom stereocenters. The van der Waals surface area contributed by atoms with Gasteiger partial charge in [-0.15, -0.1) is 0 Å². The van der Waals surface area contributed by atoms with Crippen molar-refractivity contribution in [3.63, 3.8) is 0 Å². The van der Waals surface area contributed by atoms with Crippen LogP contribution in [0.1, 0.15) is 33.3 Å². The lowest BCUT2D eigenvalue weighted by atomic mass is 10.1. The number of rotatable bonds is 11. The van der Waals surface area contributed by atoms with Crippen LogP contribution in [0.2, 0.25) is 5.02 Å². The Hall–Kier alpha value is -3.76. The van der Waals surface area contributed by atoms with Crippen LogP contribution in [0, 0.1) is 0 Å². The van der Waals surface area contributed by atoms with Gasteiger partial charge in [-0.05, 0) is 69.7 Å². The topological polar surface area (TPSA) is 105 Å². The second kappa shape index (κ2) is 13.3. The number of amides is 2. The van der Waals surface area contributed by atoms with Crippen molar-refractivity contribution in [1.82, 2.24) is 10.2 Å². The standard InChI is InChI=1S/C30H36ClN3O6S/c1-21(29(36)32-30(2,3)4)33(19-22-12-14-23(31)15-13-22)28(35)20-34(41(37,38)25-10-8-7-9-11-25)24-16-17-26(39-5)27(18-24)40-6/h7-18,21H,19-20H2,1-6H3,(H,32,36)/t21-/m0/s1. The van der Waals surface area contributed by atoms with Crippen molar-refractivity contribution in [1.29, 1.82) is 0 Å². The number of benzene rings is 3. The Kier molecular flexibility index (Phi) is 10.3. The first-order valence-electron chi connectivity index (χ1n) is 12.9. The molecule has 220 valence electrons. The predicted molar refractivity (Wildman–Crippen MR) is 160 cm³/mol. The zero-order valence-corrected chi connectivity index (χ0v) is 25.6. The van der Waals surface area contributed by atoms with Crippen molar-refractivity contribution < 1.29 is 27.5 Å². The summed E-state index contributed by atoms with van der Waals surface area (Å²) in [6.07, 6.45) is 0. The fourth-order valence-electron chi connectivity index (χ4n) is 4.07. The average Bonchev–Trinajstić information content (AvgIpc) is 2.94. The quantitative estimate of drug-likeness (QED) is 0.336. The Morgan fingerprint density at radius 3 is 2.10 bits per heavy atom. The second-order valence-corrected chi connectivity index (χ2v) is 12.7. The summed E-state index contributed by atoms with van der Waals surface area (Å²) < 4.78 is 39.6. The monoisotopic (exact) mass is 601 g/mol. The highest BCUT2D eigenvalue weighted by molar-refractivity contribution is 7.92. The van der Waals surface area contributed by atoms with Crippen LogP contribution in [0.25, 0.3) is 0 Å². The van der Waals surface area contributed by atoms with Crippen LogP contribution in [-0.4, -0.2) is 57.5 Å². The van der Waals surface area contributed by atoms with Crippen molar-refractivity contribution >= 4 is 39.1 Å². The minimum absolute atomic E-state index is 0.00496. The van der Waals surface area contributed by atoms with E-state index in [9.17, 15) is 18.0 Å². The molecule has 0 unspecified atom stereocenters. The van der Waals surface area contributed by atoms with Crippen LogP contribution >= 0.6 is 11.6 Å². The summed E-state index contributed by atoms with van der Waals surface area (Å²) in [5.41, 5.74) is 0.377. The normalized spacial score (nSPS) is 12.3. The number of halogens is 1.